The fraction of sp³-hybridized carbons (Fsp3) is 0.571. The lowest BCUT2D eigenvalue weighted by atomic mass is 9.85. The van der Waals surface area contributed by atoms with Crippen LogP contribution < -0.4 is 5.32 Å². The Balaban J connectivity index is 2.00. The summed E-state index contributed by atoms with van der Waals surface area (Å²) in [5.41, 5.74) is 0.947. The highest BCUT2D eigenvalue weighted by molar-refractivity contribution is 5.53. The lowest BCUT2D eigenvalue weighted by Gasteiger charge is -2.32. The third-order valence-corrected chi connectivity index (χ3v) is 3.80. The number of hydrogen-bond donors (Lipinski definition) is 2. The van der Waals surface area contributed by atoms with E-state index in [2.05, 4.69) is 5.32 Å². The Hall–Kier alpha value is -1.62. The predicted octanol–water partition coefficient (Wildman–Crippen LogP) is 3.01. The van der Waals surface area contributed by atoms with E-state index in [1.807, 2.05) is 0 Å². The van der Waals surface area contributed by atoms with Crippen LogP contribution in [0.5, 0.6) is 0 Å². The van der Waals surface area contributed by atoms with Gasteiger partial charge in [0.1, 0.15) is 0 Å². The number of aliphatic hydroxyl groups is 1. The van der Waals surface area contributed by atoms with E-state index in [1.54, 1.807) is 19.1 Å². The summed E-state index contributed by atoms with van der Waals surface area (Å²) in [6.45, 7) is 2.23. The van der Waals surface area contributed by atoms with Gasteiger partial charge in [0.25, 0.3) is 5.69 Å². The van der Waals surface area contributed by atoms with Gasteiger partial charge < -0.3 is 10.4 Å². The normalized spacial score (nSPS) is 18.0. The van der Waals surface area contributed by atoms with Crippen molar-refractivity contribution in [2.24, 2.45) is 0 Å². The van der Waals surface area contributed by atoms with Gasteiger partial charge in [0.05, 0.1) is 10.5 Å². The van der Waals surface area contributed by atoms with Crippen LogP contribution in [0.1, 0.15) is 37.7 Å². The number of nitrogens with one attached hydrogen (secondary N) is 1. The van der Waals surface area contributed by atoms with Crippen LogP contribution in [0.25, 0.3) is 0 Å². The molecule has 0 heterocycles. The van der Waals surface area contributed by atoms with Crippen molar-refractivity contribution in [1.82, 2.24) is 0 Å². The lowest BCUT2D eigenvalue weighted by molar-refractivity contribution is -0.385. The molecule has 5 heteroatoms. The van der Waals surface area contributed by atoms with E-state index in [0.717, 1.165) is 31.4 Å². The van der Waals surface area contributed by atoms with Crippen LogP contribution in [0.15, 0.2) is 18.2 Å². The Morgan fingerprint density at radius 2 is 2.05 bits per heavy atom. The van der Waals surface area contributed by atoms with Gasteiger partial charge in [-0.3, -0.25) is 10.1 Å². The first-order chi connectivity index (χ1) is 9.00. The number of aryl methyl sites for hydroxylation is 1. The van der Waals surface area contributed by atoms with Gasteiger partial charge in [-0.1, -0.05) is 19.3 Å². The molecular weight excluding hydrogens is 244 g/mol. The highest BCUT2D eigenvalue weighted by Gasteiger charge is 2.28. The molecule has 5 nitrogen and oxygen atoms in total. The van der Waals surface area contributed by atoms with E-state index in [4.69, 9.17) is 0 Å². The Morgan fingerprint density at radius 1 is 1.37 bits per heavy atom. The van der Waals surface area contributed by atoms with Crippen LogP contribution in [-0.4, -0.2) is 22.2 Å². The van der Waals surface area contributed by atoms with Gasteiger partial charge in [-0.15, -0.1) is 0 Å². The molecule has 19 heavy (non-hydrogen) atoms. The van der Waals surface area contributed by atoms with Gasteiger partial charge in [-0.25, -0.2) is 0 Å². The summed E-state index contributed by atoms with van der Waals surface area (Å²) in [7, 11) is 0. The monoisotopic (exact) mass is 264 g/mol. The first-order valence-corrected chi connectivity index (χ1v) is 6.71. The number of nitrogens with zero attached hydrogens (tertiary/aromatic N) is 1. The molecule has 0 atom stereocenters. The molecule has 2 N–H and O–H groups in total. The summed E-state index contributed by atoms with van der Waals surface area (Å²) in [5.74, 6) is 0. The minimum Gasteiger partial charge on any atom is -0.388 e. The summed E-state index contributed by atoms with van der Waals surface area (Å²) in [6.07, 6.45) is 4.98. The highest BCUT2D eigenvalue weighted by Crippen LogP contribution is 2.29. The van der Waals surface area contributed by atoms with Crippen LogP contribution in [-0.2, 0) is 0 Å². The Labute approximate surface area is 112 Å². The van der Waals surface area contributed by atoms with Crippen LogP contribution in [0.4, 0.5) is 11.4 Å². The third kappa shape index (κ3) is 3.44. The third-order valence-electron chi connectivity index (χ3n) is 3.80. The number of nitro groups is 1. The SMILES string of the molecule is Cc1cc(NCC2(O)CCCCC2)ccc1[N+](=O)[O-]. The molecule has 0 amide bonds. The van der Waals surface area contributed by atoms with Gasteiger partial charge in [0.2, 0.25) is 0 Å². The summed E-state index contributed by atoms with van der Waals surface area (Å²) < 4.78 is 0. The smallest absolute Gasteiger partial charge is 0.272 e. The lowest BCUT2D eigenvalue weighted by Crippen LogP contribution is -2.38. The van der Waals surface area contributed by atoms with Crippen LogP contribution in [0.2, 0.25) is 0 Å². The highest BCUT2D eigenvalue weighted by atomic mass is 16.6. The summed E-state index contributed by atoms with van der Waals surface area (Å²) in [5, 5.41) is 24.3. The number of anilines is 1. The zero-order chi connectivity index (χ0) is 13.9. The van der Waals surface area contributed by atoms with Crippen molar-refractivity contribution in [3.05, 3.63) is 33.9 Å². The van der Waals surface area contributed by atoms with Crippen molar-refractivity contribution in [3.63, 3.8) is 0 Å². The van der Waals surface area contributed by atoms with Crippen LogP contribution >= 0.6 is 0 Å². The van der Waals surface area contributed by atoms with E-state index in [9.17, 15) is 15.2 Å². The zero-order valence-corrected chi connectivity index (χ0v) is 11.2. The van der Waals surface area contributed by atoms with Gasteiger partial charge in [-0.2, -0.15) is 0 Å². The Kier molecular flexibility index (Phi) is 4.04. The standard InChI is InChI=1S/C14H20N2O3/c1-11-9-12(5-6-13(11)16(18)19)15-10-14(17)7-3-2-4-8-14/h5-6,9,15,17H,2-4,7-8,10H2,1H3. The average Bonchev–Trinajstić information content (AvgIpc) is 2.37. The van der Waals surface area contributed by atoms with Crippen molar-refractivity contribution >= 4 is 11.4 Å². The quantitative estimate of drug-likeness (QED) is 0.647. The number of rotatable bonds is 4. The Morgan fingerprint density at radius 3 is 2.63 bits per heavy atom. The number of benzene rings is 1. The molecule has 2 rings (SSSR count). The Bertz CT molecular complexity index is 468. The summed E-state index contributed by atoms with van der Waals surface area (Å²) in [6, 6.07) is 4.95. The second-order valence-electron chi connectivity index (χ2n) is 5.40. The first-order valence-electron chi connectivity index (χ1n) is 6.71. The van der Waals surface area contributed by atoms with E-state index < -0.39 is 5.60 Å². The molecule has 0 radical (unpaired) electrons. The van der Waals surface area contributed by atoms with Gasteiger partial charge in [0, 0.05) is 23.9 Å². The van der Waals surface area contributed by atoms with Crippen molar-refractivity contribution in [3.8, 4) is 0 Å². The molecular formula is C14H20N2O3. The molecule has 1 saturated carbocycles. The molecule has 0 aliphatic heterocycles. The van der Waals surface area contributed by atoms with Crippen molar-refractivity contribution < 1.29 is 10.0 Å². The fourth-order valence-corrected chi connectivity index (χ4v) is 2.62. The maximum Gasteiger partial charge on any atom is 0.272 e. The molecule has 1 aromatic rings. The average molecular weight is 264 g/mol. The van der Waals surface area contributed by atoms with E-state index >= 15 is 0 Å². The van der Waals surface area contributed by atoms with Crippen molar-refractivity contribution in [1.29, 1.82) is 0 Å². The molecule has 1 aliphatic rings. The van der Waals surface area contributed by atoms with Crippen molar-refractivity contribution in [2.75, 3.05) is 11.9 Å². The molecule has 1 aliphatic carbocycles. The summed E-state index contributed by atoms with van der Waals surface area (Å²) >= 11 is 0. The molecule has 0 bridgehead atoms. The second kappa shape index (κ2) is 5.57. The van der Waals surface area contributed by atoms with Gasteiger partial charge in [0.15, 0.2) is 0 Å². The molecule has 0 unspecified atom stereocenters. The van der Waals surface area contributed by atoms with E-state index in [0.29, 0.717) is 12.1 Å². The first kappa shape index (κ1) is 13.8. The molecule has 104 valence electrons. The van der Waals surface area contributed by atoms with E-state index in [-0.39, 0.29) is 10.6 Å². The largest absolute Gasteiger partial charge is 0.388 e. The molecule has 1 aromatic carbocycles. The number of nitro benzene ring substituents is 1. The zero-order valence-electron chi connectivity index (χ0n) is 11.2. The van der Waals surface area contributed by atoms with Crippen LogP contribution in [0, 0.1) is 17.0 Å². The van der Waals surface area contributed by atoms with Gasteiger partial charge >= 0.3 is 0 Å². The molecule has 1 fully saturated rings. The predicted molar refractivity (Wildman–Crippen MR) is 74.4 cm³/mol. The minimum atomic E-state index is -0.631. The molecule has 0 saturated heterocycles. The van der Waals surface area contributed by atoms with Gasteiger partial charge in [-0.05, 0) is 31.9 Å². The summed E-state index contributed by atoms with van der Waals surface area (Å²) in [4.78, 5) is 10.4. The fourth-order valence-electron chi connectivity index (χ4n) is 2.62. The second-order valence-corrected chi connectivity index (χ2v) is 5.40. The topological polar surface area (TPSA) is 75.4 Å². The maximum atomic E-state index is 10.7. The molecule has 0 aromatic heterocycles. The van der Waals surface area contributed by atoms with Crippen LogP contribution in [0.3, 0.4) is 0 Å². The minimum absolute atomic E-state index is 0.127. The maximum absolute atomic E-state index is 10.7. The number of hydrogen-bond acceptors (Lipinski definition) is 4. The van der Waals surface area contributed by atoms with E-state index in [1.165, 1.54) is 12.5 Å². The molecule has 0 spiro atoms. The van der Waals surface area contributed by atoms with Crippen molar-refractivity contribution in [2.45, 2.75) is 44.6 Å².